The summed E-state index contributed by atoms with van der Waals surface area (Å²) >= 11 is 5.26. The molecule has 0 aliphatic rings. The molecule has 0 unspecified atom stereocenters. The molecule has 0 amide bonds. The molecule has 0 N–H and O–H groups in total. The average Bonchev–Trinajstić information content (AvgIpc) is 2.00. The van der Waals surface area contributed by atoms with E-state index in [2.05, 4.69) is 13.6 Å². The summed E-state index contributed by atoms with van der Waals surface area (Å²) in [5, 5.41) is 0. The zero-order valence-corrected chi connectivity index (χ0v) is 7.52. The third-order valence-corrected chi connectivity index (χ3v) is 2.32. The van der Waals surface area contributed by atoms with Crippen LogP contribution < -0.4 is 0 Å². The number of phosphoric acid groups is 1. The molecule has 62 valence electrons. The number of alkyl halides is 1. The standard InChI is InChI=1S/C4H10ClO4P/c1-7-10(6,8-2)9-4-3-5/h3-4H2,1-2H3. The molecule has 0 fully saturated rings. The van der Waals surface area contributed by atoms with Gasteiger partial charge in [0.15, 0.2) is 0 Å². The minimum absolute atomic E-state index is 0.153. The summed E-state index contributed by atoms with van der Waals surface area (Å²) in [6, 6.07) is 0. The molecule has 10 heavy (non-hydrogen) atoms. The van der Waals surface area contributed by atoms with Gasteiger partial charge in [0, 0.05) is 20.1 Å². The molecule has 0 radical (unpaired) electrons. The fourth-order valence-electron chi connectivity index (χ4n) is 0.326. The predicted octanol–water partition coefficient (Wildman–Crippen LogP) is 1.64. The molecular formula is C4H10ClO4P. The van der Waals surface area contributed by atoms with E-state index in [4.69, 9.17) is 11.6 Å². The van der Waals surface area contributed by atoms with E-state index in [1.165, 1.54) is 14.2 Å². The van der Waals surface area contributed by atoms with Gasteiger partial charge in [-0.05, 0) is 0 Å². The lowest BCUT2D eigenvalue weighted by Crippen LogP contribution is -1.97. The SMILES string of the molecule is COP(=O)(OC)OCCCl. The van der Waals surface area contributed by atoms with Gasteiger partial charge in [-0.25, -0.2) is 4.57 Å². The lowest BCUT2D eigenvalue weighted by molar-refractivity contribution is 0.159. The Morgan fingerprint density at radius 1 is 1.40 bits per heavy atom. The summed E-state index contributed by atoms with van der Waals surface area (Å²) < 4.78 is 24.5. The highest BCUT2D eigenvalue weighted by molar-refractivity contribution is 7.48. The Hall–Kier alpha value is 0.400. The minimum atomic E-state index is -3.28. The first kappa shape index (κ1) is 10.4. The largest absolute Gasteiger partial charge is 0.474 e. The van der Waals surface area contributed by atoms with Crippen molar-refractivity contribution in [3.63, 3.8) is 0 Å². The Labute approximate surface area is 65.0 Å². The molecule has 4 nitrogen and oxygen atoms in total. The van der Waals surface area contributed by atoms with Crippen LogP contribution in [-0.4, -0.2) is 26.7 Å². The monoisotopic (exact) mass is 188 g/mol. The van der Waals surface area contributed by atoms with Crippen LogP contribution in [0.5, 0.6) is 0 Å². The highest BCUT2D eigenvalue weighted by Gasteiger charge is 2.21. The van der Waals surface area contributed by atoms with Crippen LogP contribution >= 0.6 is 19.4 Å². The van der Waals surface area contributed by atoms with E-state index in [0.717, 1.165) is 0 Å². The Balaban J connectivity index is 3.70. The molecule has 0 heterocycles. The second kappa shape index (κ2) is 5.10. The molecule has 0 atom stereocenters. The Bertz CT molecular complexity index is 120. The fourth-order valence-corrected chi connectivity index (χ4v) is 1.19. The first-order chi connectivity index (χ1) is 4.68. The van der Waals surface area contributed by atoms with Crippen LogP contribution in [0, 0.1) is 0 Å². The first-order valence-electron chi connectivity index (χ1n) is 2.60. The molecule has 6 heteroatoms. The molecule has 0 rings (SSSR count). The van der Waals surface area contributed by atoms with E-state index < -0.39 is 7.82 Å². The molecule has 0 saturated carbocycles. The van der Waals surface area contributed by atoms with Crippen molar-refractivity contribution in [1.82, 2.24) is 0 Å². The number of hydrogen-bond acceptors (Lipinski definition) is 4. The van der Waals surface area contributed by atoms with E-state index >= 15 is 0 Å². The maximum atomic E-state index is 11.0. The normalized spacial score (nSPS) is 11.9. The van der Waals surface area contributed by atoms with Crippen molar-refractivity contribution < 1.29 is 18.1 Å². The molecule has 0 aromatic rings. The molecular weight excluding hydrogens is 178 g/mol. The van der Waals surface area contributed by atoms with E-state index in [0.29, 0.717) is 0 Å². The van der Waals surface area contributed by atoms with Gasteiger partial charge in [-0.1, -0.05) is 0 Å². The molecule has 0 saturated heterocycles. The Kier molecular flexibility index (Phi) is 5.31. The predicted molar refractivity (Wildman–Crippen MR) is 38.3 cm³/mol. The number of hydrogen-bond donors (Lipinski definition) is 0. The molecule has 0 bridgehead atoms. The van der Waals surface area contributed by atoms with E-state index in [9.17, 15) is 4.57 Å². The Morgan fingerprint density at radius 3 is 2.20 bits per heavy atom. The third-order valence-electron chi connectivity index (χ3n) is 0.774. The van der Waals surface area contributed by atoms with Crippen molar-refractivity contribution in [1.29, 1.82) is 0 Å². The lowest BCUT2D eigenvalue weighted by Gasteiger charge is -2.11. The fraction of sp³-hybridized carbons (Fsp3) is 1.00. The van der Waals surface area contributed by atoms with Crippen LogP contribution in [0.3, 0.4) is 0 Å². The number of rotatable bonds is 5. The van der Waals surface area contributed by atoms with Crippen molar-refractivity contribution in [3.05, 3.63) is 0 Å². The van der Waals surface area contributed by atoms with Crippen LogP contribution in [-0.2, 0) is 18.1 Å². The van der Waals surface area contributed by atoms with Gasteiger partial charge in [-0.2, -0.15) is 0 Å². The molecule has 0 spiro atoms. The molecule has 0 aliphatic carbocycles. The minimum Gasteiger partial charge on any atom is -0.290 e. The van der Waals surface area contributed by atoms with E-state index in [1.54, 1.807) is 0 Å². The van der Waals surface area contributed by atoms with Crippen LogP contribution in [0.2, 0.25) is 0 Å². The summed E-state index contributed by atoms with van der Waals surface area (Å²) in [5.41, 5.74) is 0. The zero-order chi connectivity index (χ0) is 8.04. The van der Waals surface area contributed by atoms with Gasteiger partial charge < -0.3 is 0 Å². The number of halogens is 1. The summed E-state index contributed by atoms with van der Waals surface area (Å²) in [5.74, 6) is 0.261. The summed E-state index contributed by atoms with van der Waals surface area (Å²) in [4.78, 5) is 0. The van der Waals surface area contributed by atoms with Crippen molar-refractivity contribution in [2.24, 2.45) is 0 Å². The van der Waals surface area contributed by atoms with Gasteiger partial charge in [-0.3, -0.25) is 13.6 Å². The van der Waals surface area contributed by atoms with E-state index in [-0.39, 0.29) is 12.5 Å². The van der Waals surface area contributed by atoms with Gasteiger partial charge in [0.1, 0.15) is 0 Å². The van der Waals surface area contributed by atoms with Crippen LogP contribution in [0.15, 0.2) is 0 Å². The summed E-state index contributed by atoms with van der Waals surface area (Å²) in [6.07, 6.45) is 0. The van der Waals surface area contributed by atoms with Gasteiger partial charge in [-0.15, -0.1) is 11.6 Å². The maximum absolute atomic E-state index is 11.0. The first-order valence-corrected chi connectivity index (χ1v) is 4.60. The van der Waals surface area contributed by atoms with Crippen LogP contribution in [0.4, 0.5) is 0 Å². The smallest absolute Gasteiger partial charge is 0.290 e. The van der Waals surface area contributed by atoms with Crippen LogP contribution in [0.1, 0.15) is 0 Å². The third kappa shape index (κ3) is 3.54. The second-order valence-corrected chi connectivity index (χ2v) is 3.60. The van der Waals surface area contributed by atoms with Crippen molar-refractivity contribution in [3.8, 4) is 0 Å². The summed E-state index contributed by atoms with van der Waals surface area (Å²) in [6.45, 7) is 0.153. The number of phosphoric ester groups is 1. The van der Waals surface area contributed by atoms with Crippen molar-refractivity contribution in [2.75, 3.05) is 26.7 Å². The molecule has 0 aromatic heterocycles. The topological polar surface area (TPSA) is 44.8 Å². The summed E-state index contributed by atoms with van der Waals surface area (Å²) in [7, 11) is -0.785. The highest BCUT2D eigenvalue weighted by atomic mass is 35.5. The Morgan fingerprint density at radius 2 is 1.90 bits per heavy atom. The molecule has 0 aliphatic heterocycles. The van der Waals surface area contributed by atoms with Gasteiger partial charge in [0.2, 0.25) is 0 Å². The maximum Gasteiger partial charge on any atom is 0.474 e. The lowest BCUT2D eigenvalue weighted by atomic mass is 10.9. The van der Waals surface area contributed by atoms with Gasteiger partial charge in [0.25, 0.3) is 0 Å². The van der Waals surface area contributed by atoms with E-state index in [1.807, 2.05) is 0 Å². The van der Waals surface area contributed by atoms with Gasteiger partial charge in [0.05, 0.1) is 6.61 Å². The zero-order valence-electron chi connectivity index (χ0n) is 5.87. The van der Waals surface area contributed by atoms with Crippen molar-refractivity contribution >= 4 is 19.4 Å². The van der Waals surface area contributed by atoms with Gasteiger partial charge >= 0.3 is 7.82 Å². The van der Waals surface area contributed by atoms with Crippen LogP contribution in [0.25, 0.3) is 0 Å². The second-order valence-electron chi connectivity index (χ2n) is 1.33. The highest BCUT2D eigenvalue weighted by Crippen LogP contribution is 2.47. The average molecular weight is 189 g/mol. The molecule has 0 aromatic carbocycles. The van der Waals surface area contributed by atoms with Crippen molar-refractivity contribution in [2.45, 2.75) is 0 Å². The quantitative estimate of drug-likeness (QED) is 0.486.